The Labute approximate surface area is 139 Å². The van der Waals surface area contributed by atoms with Gasteiger partial charge in [0.25, 0.3) is 0 Å². The van der Waals surface area contributed by atoms with Crippen molar-refractivity contribution in [3.05, 3.63) is 58.3 Å². The topological polar surface area (TPSA) is 67.2 Å². The molecule has 0 aliphatic rings. The molecule has 0 N–H and O–H groups in total. The van der Waals surface area contributed by atoms with Crippen LogP contribution in [-0.4, -0.2) is 18.4 Å². The molecular formula is C18H17NO3S. The molecule has 0 saturated heterocycles. The van der Waals surface area contributed by atoms with Gasteiger partial charge in [0.1, 0.15) is 0 Å². The number of rotatable bonds is 7. The zero-order chi connectivity index (χ0) is 16.7. The van der Waals surface area contributed by atoms with Crippen molar-refractivity contribution in [2.75, 3.05) is 6.61 Å². The fraction of sp³-hybridized carbons (Fsp3) is 0.278. The van der Waals surface area contributed by atoms with Crippen LogP contribution in [-0.2, 0) is 9.53 Å². The van der Waals surface area contributed by atoms with E-state index in [0.29, 0.717) is 4.88 Å². The number of ether oxygens (including phenoxy) is 1. The summed E-state index contributed by atoms with van der Waals surface area (Å²) in [7, 11) is 0. The van der Waals surface area contributed by atoms with Gasteiger partial charge in [0.15, 0.2) is 11.7 Å². The fourth-order valence-corrected chi connectivity index (χ4v) is 3.08. The summed E-state index contributed by atoms with van der Waals surface area (Å²) in [5.74, 6) is -2.17. The van der Waals surface area contributed by atoms with Crippen molar-refractivity contribution in [1.29, 1.82) is 5.26 Å². The SMILES string of the molecule is CCOC(=O)C(C#N)C(CC(=O)c1cccs1)c1ccccc1. The van der Waals surface area contributed by atoms with Crippen molar-refractivity contribution in [1.82, 2.24) is 0 Å². The van der Waals surface area contributed by atoms with Crippen LogP contribution in [0.3, 0.4) is 0 Å². The first-order valence-corrected chi connectivity index (χ1v) is 8.23. The molecule has 118 valence electrons. The highest BCUT2D eigenvalue weighted by Crippen LogP contribution is 2.31. The van der Waals surface area contributed by atoms with Gasteiger partial charge in [0, 0.05) is 12.3 Å². The number of esters is 1. The van der Waals surface area contributed by atoms with Gasteiger partial charge in [-0.3, -0.25) is 9.59 Å². The molecule has 2 atom stereocenters. The van der Waals surface area contributed by atoms with Gasteiger partial charge in [-0.2, -0.15) is 5.26 Å². The molecule has 1 heterocycles. The van der Waals surface area contributed by atoms with Crippen LogP contribution in [0.2, 0.25) is 0 Å². The van der Waals surface area contributed by atoms with E-state index < -0.39 is 17.8 Å². The van der Waals surface area contributed by atoms with Crippen LogP contribution in [0, 0.1) is 17.2 Å². The van der Waals surface area contributed by atoms with Crippen LogP contribution in [0.4, 0.5) is 0 Å². The third kappa shape index (κ3) is 4.27. The molecule has 4 nitrogen and oxygen atoms in total. The molecule has 0 spiro atoms. The molecule has 5 heteroatoms. The molecule has 1 aromatic heterocycles. The molecule has 2 aromatic rings. The normalized spacial score (nSPS) is 12.9. The minimum absolute atomic E-state index is 0.0709. The number of carbonyl (C=O) groups excluding carboxylic acids is 2. The highest BCUT2D eigenvalue weighted by molar-refractivity contribution is 7.12. The molecule has 23 heavy (non-hydrogen) atoms. The van der Waals surface area contributed by atoms with Crippen molar-refractivity contribution >= 4 is 23.1 Å². The Morgan fingerprint density at radius 2 is 1.96 bits per heavy atom. The van der Waals surface area contributed by atoms with Crippen molar-refractivity contribution in [3.8, 4) is 6.07 Å². The second-order valence-electron chi connectivity index (χ2n) is 4.98. The number of hydrogen-bond acceptors (Lipinski definition) is 5. The lowest BCUT2D eigenvalue weighted by Crippen LogP contribution is -2.25. The zero-order valence-corrected chi connectivity index (χ0v) is 13.6. The molecule has 1 aromatic carbocycles. The Morgan fingerprint density at radius 1 is 1.22 bits per heavy atom. The van der Waals surface area contributed by atoms with Gasteiger partial charge in [0.2, 0.25) is 0 Å². The lowest BCUT2D eigenvalue weighted by Gasteiger charge is -2.20. The predicted octanol–water partition coefficient (Wildman–Crippen LogP) is 3.81. The summed E-state index contributed by atoms with van der Waals surface area (Å²) in [5, 5.41) is 11.3. The monoisotopic (exact) mass is 327 g/mol. The highest BCUT2D eigenvalue weighted by Gasteiger charge is 2.33. The number of nitrogens with zero attached hydrogens (tertiary/aromatic N) is 1. The predicted molar refractivity (Wildman–Crippen MR) is 88.2 cm³/mol. The Bertz CT molecular complexity index is 689. The lowest BCUT2D eigenvalue weighted by molar-refractivity contribution is -0.146. The molecule has 0 saturated carbocycles. The van der Waals surface area contributed by atoms with Gasteiger partial charge in [-0.05, 0) is 23.9 Å². The number of nitriles is 1. The number of thiophene rings is 1. The summed E-state index contributed by atoms with van der Waals surface area (Å²) < 4.78 is 5.00. The van der Waals surface area contributed by atoms with Crippen molar-refractivity contribution < 1.29 is 14.3 Å². The summed E-state index contributed by atoms with van der Waals surface area (Å²) in [6, 6.07) is 14.7. The molecule has 0 radical (unpaired) electrons. The third-order valence-corrected chi connectivity index (χ3v) is 4.42. The van der Waals surface area contributed by atoms with Gasteiger partial charge < -0.3 is 4.74 Å². The first-order chi connectivity index (χ1) is 11.2. The maximum absolute atomic E-state index is 12.4. The Morgan fingerprint density at radius 3 is 2.52 bits per heavy atom. The van der Waals surface area contributed by atoms with Gasteiger partial charge in [-0.1, -0.05) is 36.4 Å². The van der Waals surface area contributed by atoms with Crippen molar-refractivity contribution in [2.24, 2.45) is 5.92 Å². The average Bonchev–Trinajstić information content (AvgIpc) is 3.10. The highest BCUT2D eigenvalue weighted by atomic mass is 32.1. The van der Waals surface area contributed by atoms with E-state index >= 15 is 0 Å². The minimum atomic E-state index is -0.999. The Hall–Kier alpha value is -2.45. The van der Waals surface area contributed by atoms with Crippen molar-refractivity contribution in [2.45, 2.75) is 19.3 Å². The van der Waals surface area contributed by atoms with Gasteiger partial charge in [-0.15, -0.1) is 11.3 Å². The van der Waals surface area contributed by atoms with Crippen LogP contribution in [0.15, 0.2) is 47.8 Å². The van der Waals surface area contributed by atoms with E-state index in [2.05, 4.69) is 0 Å². The molecule has 0 bridgehead atoms. The summed E-state index contributed by atoms with van der Waals surface area (Å²) in [6.45, 7) is 1.90. The first-order valence-electron chi connectivity index (χ1n) is 7.35. The quantitative estimate of drug-likeness (QED) is 0.573. The number of ketones is 1. The summed E-state index contributed by atoms with van der Waals surface area (Å²) in [4.78, 5) is 25.2. The maximum Gasteiger partial charge on any atom is 0.323 e. The number of hydrogen-bond donors (Lipinski definition) is 0. The number of carbonyl (C=O) groups is 2. The van der Waals surface area contributed by atoms with Crippen LogP contribution >= 0.6 is 11.3 Å². The molecular weight excluding hydrogens is 310 g/mol. The summed E-state index contributed by atoms with van der Waals surface area (Å²) in [5.41, 5.74) is 0.789. The first kappa shape index (κ1) is 16.9. The molecule has 0 fully saturated rings. The van der Waals surface area contributed by atoms with Crippen LogP contribution < -0.4 is 0 Å². The van der Waals surface area contributed by atoms with E-state index in [0.717, 1.165) is 5.56 Å². The standard InChI is InChI=1S/C18H17NO3S/c1-2-22-18(21)15(12-19)14(13-7-4-3-5-8-13)11-16(20)17-9-6-10-23-17/h3-10,14-15H,2,11H2,1H3. The smallest absolute Gasteiger partial charge is 0.323 e. The molecule has 2 rings (SSSR count). The second kappa shape index (κ2) is 8.25. The average molecular weight is 327 g/mol. The molecule has 0 amide bonds. The van der Waals surface area contributed by atoms with Crippen LogP contribution in [0.1, 0.15) is 34.5 Å². The van der Waals surface area contributed by atoms with E-state index in [4.69, 9.17) is 4.74 Å². The molecule has 0 aliphatic heterocycles. The second-order valence-corrected chi connectivity index (χ2v) is 5.93. The van der Waals surface area contributed by atoms with Gasteiger partial charge >= 0.3 is 5.97 Å². The summed E-state index contributed by atoms with van der Waals surface area (Å²) in [6.07, 6.45) is 0.0988. The van der Waals surface area contributed by atoms with Crippen LogP contribution in [0.25, 0.3) is 0 Å². The van der Waals surface area contributed by atoms with E-state index in [1.807, 2.05) is 47.8 Å². The van der Waals surface area contributed by atoms with E-state index in [1.54, 1.807) is 13.0 Å². The van der Waals surface area contributed by atoms with Gasteiger partial charge in [0.05, 0.1) is 17.6 Å². The van der Waals surface area contributed by atoms with Crippen LogP contribution in [0.5, 0.6) is 0 Å². The van der Waals surface area contributed by atoms with Crippen molar-refractivity contribution in [3.63, 3.8) is 0 Å². The largest absolute Gasteiger partial charge is 0.465 e. The molecule has 2 unspecified atom stereocenters. The maximum atomic E-state index is 12.4. The third-order valence-electron chi connectivity index (χ3n) is 3.51. The zero-order valence-electron chi connectivity index (χ0n) is 12.8. The summed E-state index contributed by atoms with van der Waals surface area (Å²) >= 11 is 1.36. The Kier molecular flexibility index (Phi) is 6.07. The fourth-order valence-electron chi connectivity index (χ4n) is 2.40. The lowest BCUT2D eigenvalue weighted by atomic mass is 9.83. The van der Waals surface area contributed by atoms with E-state index in [-0.39, 0.29) is 18.8 Å². The van der Waals surface area contributed by atoms with E-state index in [9.17, 15) is 14.9 Å². The number of Topliss-reactive ketones (excluding diaryl/α,β-unsaturated/α-hetero) is 1. The molecule has 0 aliphatic carbocycles. The minimum Gasteiger partial charge on any atom is -0.465 e. The Balaban J connectivity index is 2.30. The number of benzene rings is 1. The van der Waals surface area contributed by atoms with E-state index in [1.165, 1.54) is 11.3 Å². The van der Waals surface area contributed by atoms with Gasteiger partial charge in [-0.25, -0.2) is 0 Å².